The zero-order valence-corrected chi connectivity index (χ0v) is 8.36. The smallest absolute Gasteiger partial charge is 0.135 e. The van der Waals surface area contributed by atoms with E-state index in [1.165, 1.54) is 0 Å². The summed E-state index contributed by atoms with van der Waals surface area (Å²) in [5.74, 6) is 0.602. The molecular formula is C11H13FN2O. The Morgan fingerprint density at radius 3 is 2.87 bits per heavy atom. The summed E-state index contributed by atoms with van der Waals surface area (Å²) in [4.78, 5) is 4.27. The molecule has 2 rings (SSSR count). The number of hydrogen-bond acceptors (Lipinski definition) is 2. The van der Waals surface area contributed by atoms with Gasteiger partial charge < -0.3 is 9.67 Å². The molecule has 0 spiro atoms. The molecular weight excluding hydrogens is 195 g/mol. The maximum Gasteiger partial charge on any atom is 0.135 e. The maximum atomic E-state index is 12.1. The summed E-state index contributed by atoms with van der Waals surface area (Å²) in [5, 5.41) is 9.14. The molecule has 0 atom stereocenters. The summed E-state index contributed by atoms with van der Waals surface area (Å²) in [6, 6.07) is 7.63. The molecule has 0 unspecified atom stereocenters. The van der Waals surface area contributed by atoms with E-state index in [4.69, 9.17) is 5.11 Å². The number of aliphatic hydroxyl groups excluding tert-OH is 1. The largest absolute Gasteiger partial charge is 0.388 e. The monoisotopic (exact) mass is 208 g/mol. The Hall–Kier alpha value is -1.42. The first kappa shape index (κ1) is 10.1. The molecule has 15 heavy (non-hydrogen) atoms. The van der Waals surface area contributed by atoms with Crippen LogP contribution in [0, 0.1) is 0 Å². The molecule has 1 aromatic heterocycles. The van der Waals surface area contributed by atoms with E-state index in [0.717, 1.165) is 11.0 Å². The highest BCUT2D eigenvalue weighted by Gasteiger charge is 2.08. The van der Waals surface area contributed by atoms with Crippen LogP contribution in [0.2, 0.25) is 0 Å². The van der Waals surface area contributed by atoms with Crippen molar-refractivity contribution in [2.75, 3.05) is 6.67 Å². The number of aryl methyl sites for hydroxylation is 1. The number of hydrogen-bond donors (Lipinski definition) is 1. The van der Waals surface area contributed by atoms with Crippen molar-refractivity contribution in [3.8, 4) is 0 Å². The minimum Gasteiger partial charge on any atom is -0.388 e. The highest BCUT2D eigenvalue weighted by Crippen LogP contribution is 2.16. The molecule has 2 aromatic rings. The lowest BCUT2D eigenvalue weighted by Gasteiger charge is -2.05. The number of aliphatic hydroxyl groups is 1. The first-order chi connectivity index (χ1) is 7.36. The Bertz CT molecular complexity index is 453. The number of imidazole rings is 1. The van der Waals surface area contributed by atoms with E-state index >= 15 is 0 Å². The van der Waals surface area contributed by atoms with E-state index in [1.54, 1.807) is 0 Å². The topological polar surface area (TPSA) is 38.1 Å². The molecule has 80 valence electrons. The number of rotatable bonds is 4. The first-order valence-electron chi connectivity index (χ1n) is 4.98. The lowest BCUT2D eigenvalue weighted by molar-refractivity contribution is 0.264. The molecule has 0 aliphatic heterocycles. The summed E-state index contributed by atoms with van der Waals surface area (Å²) in [6.45, 7) is 0.102. The van der Waals surface area contributed by atoms with E-state index in [2.05, 4.69) is 4.98 Å². The van der Waals surface area contributed by atoms with Gasteiger partial charge in [-0.2, -0.15) is 0 Å². The van der Waals surface area contributed by atoms with Gasteiger partial charge in [-0.15, -0.1) is 0 Å². The molecule has 0 saturated heterocycles. The highest BCUT2D eigenvalue weighted by molar-refractivity contribution is 5.75. The van der Waals surface area contributed by atoms with Crippen LogP contribution in [0.1, 0.15) is 12.2 Å². The van der Waals surface area contributed by atoms with E-state index in [0.29, 0.717) is 18.8 Å². The zero-order chi connectivity index (χ0) is 10.7. The lowest BCUT2D eigenvalue weighted by Crippen LogP contribution is -2.04. The van der Waals surface area contributed by atoms with Crippen molar-refractivity contribution in [2.45, 2.75) is 19.6 Å². The predicted molar refractivity (Wildman–Crippen MR) is 56.2 cm³/mol. The number of nitrogens with zero attached hydrogens (tertiary/aromatic N) is 2. The van der Waals surface area contributed by atoms with E-state index in [1.807, 2.05) is 28.8 Å². The lowest BCUT2D eigenvalue weighted by atomic mass is 10.3. The molecule has 4 heteroatoms. The zero-order valence-electron chi connectivity index (χ0n) is 8.36. The van der Waals surface area contributed by atoms with Crippen LogP contribution in [0.15, 0.2) is 24.3 Å². The van der Waals surface area contributed by atoms with Crippen LogP contribution in [-0.2, 0) is 13.2 Å². The van der Waals surface area contributed by atoms with Crippen molar-refractivity contribution in [1.82, 2.24) is 9.55 Å². The molecule has 0 aliphatic rings. The molecule has 1 aromatic carbocycles. The second-order valence-corrected chi connectivity index (χ2v) is 3.37. The Labute approximate surface area is 87.2 Å². The normalized spacial score (nSPS) is 11.1. The molecule has 0 radical (unpaired) electrons. The summed E-state index contributed by atoms with van der Waals surface area (Å²) in [6.07, 6.45) is 0.452. The van der Waals surface area contributed by atoms with E-state index in [-0.39, 0.29) is 13.3 Å². The van der Waals surface area contributed by atoms with E-state index in [9.17, 15) is 4.39 Å². The standard InChI is InChI=1S/C11H13FN2O/c12-6-3-7-14-10-5-2-1-4-9(10)13-11(14)8-15/h1-2,4-5,15H,3,6-8H2. The quantitative estimate of drug-likeness (QED) is 0.833. The second kappa shape index (κ2) is 4.40. The maximum absolute atomic E-state index is 12.1. The van der Waals surface area contributed by atoms with Gasteiger partial charge in [-0.05, 0) is 18.6 Å². The number of halogens is 1. The minimum atomic E-state index is -0.350. The molecule has 1 N–H and O–H groups in total. The van der Waals surface area contributed by atoms with Gasteiger partial charge in [-0.3, -0.25) is 4.39 Å². The van der Waals surface area contributed by atoms with Gasteiger partial charge in [-0.25, -0.2) is 4.98 Å². The van der Waals surface area contributed by atoms with Gasteiger partial charge in [0.2, 0.25) is 0 Å². The number of fused-ring (bicyclic) bond motifs is 1. The van der Waals surface area contributed by atoms with Gasteiger partial charge in [0, 0.05) is 6.54 Å². The van der Waals surface area contributed by atoms with Gasteiger partial charge in [0.15, 0.2) is 0 Å². The molecule has 1 heterocycles. The molecule has 0 aliphatic carbocycles. The summed E-state index contributed by atoms with van der Waals surface area (Å²) < 4.78 is 14.0. The van der Waals surface area contributed by atoms with Crippen LogP contribution in [0.3, 0.4) is 0 Å². The summed E-state index contributed by atoms with van der Waals surface area (Å²) >= 11 is 0. The van der Waals surface area contributed by atoms with Crippen molar-refractivity contribution in [2.24, 2.45) is 0 Å². The summed E-state index contributed by atoms with van der Waals surface area (Å²) in [7, 11) is 0. The molecule has 0 bridgehead atoms. The van der Waals surface area contributed by atoms with Crippen LogP contribution in [0.4, 0.5) is 4.39 Å². The Morgan fingerprint density at radius 2 is 2.13 bits per heavy atom. The average molecular weight is 208 g/mol. The van der Waals surface area contributed by atoms with Crippen molar-refractivity contribution in [3.05, 3.63) is 30.1 Å². The molecule has 3 nitrogen and oxygen atoms in total. The second-order valence-electron chi connectivity index (χ2n) is 3.37. The predicted octanol–water partition coefficient (Wildman–Crippen LogP) is 1.89. The van der Waals surface area contributed by atoms with Crippen LogP contribution in [-0.4, -0.2) is 21.3 Å². The van der Waals surface area contributed by atoms with E-state index < -0.39 is 0 Å². The number of benzene rings is 1. The van der Waals surface area contributed by atoms with Gasteiger partial charge in [0.05, 0.1) is 17.7 Å². The molecule has 0 amide bonds. The van der Waals surface area contributed by atoms with Crippen molar-refractivity contribution in [1.29, 1.82) is 0 Å². The molecule has 0 saturated carbocycles. The minimum absolute atomic E-state index is 0.110. The van der Waals surface area contributed by atoms with Crippen molar-refractivity contribution in [3.63, 3.8) is 0 Å². The Kier molecular flexibility index (Phi) is 2.97. The SMILES string of the molecule is OCc1nc2ccccc2n1CCCF. The Morgan fingerprint density at radius 1 is 1.33 bits per heavy atom. The fourth-order valence-electron chi connectivity index (χ4n) is 1.71. The average Bonchev–Trinajstić information content (AvgIpc) is 2.64. The Balaban J connectivity index is 2.47. The first-order valence-corrected chi connectivity index (χ1v) is 4.98. The van der Waals surface area contributed by atoms with Crippen LogP contribution < -0.4 is 0 Å². The van der Waals surface area contributed by atoms with Crippen molar-refractivity contribution >= 4 is 11.0 Å². The van der Waals surface area contributed by atoms with Crippen LogP contribution >= 0.6 is 0 Å². The van der Waals surface area contributed by atoms with Gasteiger partial charge in [0.25, 0.3) is 0 Å². The number of aromatic nitrogens is 2. The third kappa shape index (κ3) is 1.85. The van der Waals surface area contributed by atoms with Gasteiger partial charge >= 0.3 is 0 Å². The summed E-state index contributed by atoms with van der Waals surface area (Å²) in [5.41, 5.74) is 1.80. The highest BCUT2D eigenvalue weighted by atomic mass is 19.1. The number of alkyl halides is 1. The third-order valence-electron chi connectivity index (χ3n) is 2.39. The fourth-order valence-corrected chi connectivity index (χ4v) is 1.71. The fraction of sp³-hybridized carbons (Fsp3) is 0.364. The molecule has 0 fully saturated rings. The van der Waals surface area contributed by atoms with Crippen LogP contribution in [0.5, 0.6) is 0 Å². The number of para-hydroxylation sites is 2. The third-order valence-corrected chi connectivity index (χ3v) is 2.39. The van der Waals surface area contributed by atoms with Crippen molar-refractivity contribution < 1.29 is 9.50 Å². The van der Waals surface area contributed by atoms with Gasteiger partial charge in [-0.1, -0.05) is 12.1 Å². The van der Waals surface area contributed by atoms with Gasteiger partial charge in [0.1, 0.15) is 12.4 Å². The van der Waals surface area contributed by atoms with Crippen LogP contribution in [0.25, 0.3) is 11.0 Å².